The number of hydrogen-bond donors (Lipinski definition) is 3. The number of Topliss-reactive ketones (excluding diaryl/α,β-unsaturated/α-hetero) is 1. The molecule has 0 saturated heterocycles. The molecule has 0 atom stereocenters. The summed E-state index contributed by atoms with van der Waals surface area (Å²) in [6, 6.07) is 12.1. The van der Waals surface area contributed by atoms with E-state index in [-0.39, 0.29) is 24.7 Å². The minimum absolute atomic E-state index is 0.0422. The topological polar surface area (TPSA) is 87.7 Å². The zero-order valence-corrected chi connectivity index (χ0v) is 15.2. The third-order valence-corrected chi connectivity index (χ3v) is 4.08. The molecule has 0 aliphatic carbocycles. The van der Waals surface area contributed by atoms with Gasteiger partial charge in [0.25, 0.3) is 5.91 Å². The van der Waals surface area contributed by atoms with Gasteiger partial charge in [-0.15, -0.1) is 0 Å². The molecule has 7 heteroatoms. The summed E-state index contributed by atoms with van der Waals surface area (Å²) in [6.07, 6.45) is 0.856. The van der Waals surface area contributed by atoms with E-state index < -0.39 is 0 Å². The Morgan fingerprint density at radius 2 is 1.85 bits per heavy atom. The highest BCUT2D eigenvalue weighted by Gasteiger charge is 2.12. The average Bonchev–Trinajstić information content (AvgIpc) is 2.66. The van der Waals surface area contributed by atoms with Crippen LogP contribution >= 0.6 is 11.6 Å². The third kappa shape index (κ3) is 5.56. The summed E-state index contributed by atoms with van der Waals surface area (Å²) < 4.78 is 5.18. The van der Waals surface area contributed by atoms with Gasteiger partial charge in [0.15, 0.2) is 5.78 Å². The van der Waals surface area contributed by atoms with Gasteiger partial charge in [0.2, 0.25) is 0 Å². The van der Waals surface area contributed by atoms with Crippen LogP contribution in [0, 0.1) is 0 Å². The molecule has 2 rings (SSSR count). The molecule has 0 spiro atoms. The molecule has 0 heterocycles. The lowest BCUT2D eigenvalue weighted by molar-refractivity contribution is 0.0944. The van der Waals surface area contributed by atoms with E-state index in [1.807, 2.05) is 17.6 Å². The Hall–Kier alpha value is -2.41. The first-order valence-corrected chi connectivity index (χ1v) is 8.53. The summed E-state index contributed by atoms with van der Waals surface area (Å²) in [7, 11) is 1.50. The number of ketones is 1. The van der Waals surface area contributed by atoms with Crippen molar-refractivity contribution in [1.29, 1.82) is 0 Å². The predicted molar refractivity (Wildman–Crippen MR) is 99.2 cm³/mol. The third-order valence-electron chi connectivity index (χ3n) is 3.85. The molecule has 0 radical (unpaired) electrons. The van der Waals surface area contributed by atoms with Crippen molar-refractivity contribution in [2.24, 2.45) is 0 Å². The number of methoxy groups -OCH3 is 1. The standard InChI is InChI=1S/C19H21ClN2O4/c1-26-18-7-6-15(20)12-16(18)19(24)21-10-8-13-2-4-14(5-3-13)17(23)9-11-22-25/h2-7,12,22,25H,8-11H2,1H3,(H,21,24). The quantitative estimate of drug-likeness (QED) is 0.462. The van der Waals surface area contributed by atoms with Crippen molar-refractivity contribution in [1.82, 2.24) is 10.8 Å². The SMILES string of the molecule is COc1ccc(Cl)cc1C(=O)NCCc1ccc(C(=O)CCNO)cc1. The highest BCUT2D eigenvalue weighted by Crippen LogP contribution is 2.22. The van der Waals surface area contributed by atoms with Gasteiger partial charge in [0.1, 0.15) is 5.75 Å². The summed E-state index contributed by atoms with van der Waals surface area (Å²) in [5.41, 5.74) is 3.95. The normalized spacial score (nSPS) is 10.4. The van der Waals surface area contributed by atoms with Gasteiger partial charge < -0.3 is 15.3 Å². The maximum Gasteiger partial charge on any atom is 0.255 e. The first-order valence-electron chi connectivity index (χ1n) is 8.16. The van der Waals surface area contributed by atoms with Crippen LogP contribution < -0.4 is 15.5 Å². The molecule has 3 N–H and O–H groups in total. The van der Waals surface area contributed by atoms with Gasteiger partial charge in [0, 0.05) is 30.1 Å². The van der Waals surface area contributed by atoms with Crippen LogP contribution in [0.15, 0.2) is 42.5 Å². The van der Waals surface area contributed by atoms with Crippen LogP contribution in [0.2, 0.25) is 5.02 Å². The van der Waals surface area contributed by atoms with Gasteiger partial charge in [0.05, 0.1) is 12.7 Å². The fourth-order valence-electron chi connectivity index (χ4n) is 2.44. The Morgan fingerprint density at radius 3 is 2.50 bits per heavy atom. The van der Waals surface area contributed by atoms with Crippen molar-refractivity contribution >= 4 is 23.3 Å². The number of hydrogen-bond acceptors (Lipinski definition) is 5. The number of benzene rings is 2. The van der Waals surface area contributed by atoms with E-state index >= 15 is 0 Å². The molecule has 0 aromatic heterocycles. The second-order valence-electron chi connectivity index (χ2n) is 5.63. The summed E-state index contributed by atoms with van der Waals surface area (Å²) in [6.45, 7) is 0.663. The fourth-order valence-corrected chi connectivity index (χ4v) is 2.62. The van der Waals surface area contributed by atoms with Gasteiger partial charge in [-0.25, -0.2) is 5.48 Å². The summed E-state index contributed by atoms with van der Waals surface area (Å²) in [5.74, 6) is 0.166. The van der Waals surface area contributed by atoms with Crippen molar-refractivity contribution in [2.75, 3.05) is 20.2 Å². The van der Waals surface area contributed by atoms with Gasteiger partial charge in [-0.2, -0.15) is 0 Å². The molecule has 2 aromatic carbocycles. The molecule has 1 amide bonds. The molecule has 0 aliphatic rings. The fraction of sp³-hybridized carbons (Fsp3) is 0.263. The highest BCUT2D eigenvalue weighted by molar-refractivity contribution is 6.31. The maximum atomic E-state index is 12.3. The lowest BCUT2D eigenvalue weighted by Gasteiger charge is -2.10. The van der Waals surface area contributed by atoms with E-state index in [0.717, 1.165) is 5.56 Å². The largest absolute Gasteiger partial charge is 0.496 e. The molecule has 2 aromatic rings. The molecule has 0 aliphatic heterocycles. The van der Waals surface area contributed by atoms with Gasteiger partial charge in [-0.3, -0.25) is 9.59 Å². The second kappa shape index (κ2) is 9.91. The average molecular weight is 377 g/mol. The zero-order chi connectivity index (χ0) is 18.9. The van der Waals surface area contributed by atoms with E-state index in [9.17, 15) is 9.59 Å². The minimum Gasteiger partial charge on any atom is -0.496 e. The van der Waals surface area contributed by atoms with Crippen molar-refractivity contribution in [3.8, 4) is 5.75 Å². The number of rotatable bonds is 9. The Labute approximate surface area is 157 Å². The summed E-state index contributed by atoms with van der Waals surface area (Å²) >= 11 is 5.94. The number of amides is 1. The number of halogens is 1. The number of ether oxygens (including phenoxy) is 1. The van der Waals surface area contributed by atoms with E-state index in [4.69, 9.17) is 21.5 Å². The number of hydroxylamine groups is 1. The summed E-state index contributed by atoms with van der Waals surface area (Å²) in [4.78, 5) is 24.1. The monoisotopic (exact) mass is 376 g/mol. The molecular formula is C19H21ClN2O4. The molecule has 138 valence electrons. The Morgan fingerprint density at radius 1 is 1.12 bits per heavy atom. The van der Waals surface area contributed by atoms with E-state index in [1.165, 1.54) is 7.11 Å². The van der Waals surface area contributed by atoms with Gasteiger partial charge in [-0.1, -0.05) is 35.9 Å². The first kappa shape index (κ1) is 19.9. The smallest absolute Gasteiger partial charge is 0.255 e. The molecule has 0 bridgehead atoms. The maximum absolute atomic E-state index is 12.3. The van der Waals surface area contributed by atoms with Crippen molar-refractivity contribution in [3.63, 3.8) is 0 Å². The minimum atomic E-state index is -0.257. The van der Waals surface area contributed by atoms with Crippen LogP contribution in [-0.2, 0) is 6.42 Å². The number of carbonyl (C=O) groups is 2. The lowest BCUT2D eigenvalue weighted by atomic mass is 10.0. The van der Waals surface area contributed by atoms with Crippen LogP contribution in [0.5, 0.6) is 5.75 Å². The van der Waals surface area contributed by atoms with Crippen LogP contribution in [0.4, 0.5) is 0 Å². The Bertz CT molecular complexity index is 763. The Balaban J connectivity index is 1.89. The number of nitrogens with one attached hydrogen (secondary N) is 2. The molecule has 26 heavy (non-hydrogen) atoms. The van der Waals surface area contributed by atoms with Crippen LogP contribution in [-0.4, -0.2) is 37.1 Å². The molecule has 0 saturated carbocycles. The predicted octanol–water partition coefficient (Wildman–Crippen LogP) is 2.87. The van der Waals surface area contributed by atoms with Gasteiger partial charge in [-0.05, 0) is 30.2 Å². The molecule has 6 nitrogen and oxygen atoms in total. The summed E-state index contributed by atoms with van der Waals surface area (Å²) in [5, 5.41) is 11.8. The highest BCUT2D eigenvalue weighted by atomic mass is 35.5. The van der Waals surface area contributed by atoms with Crippen molar-refractivity contribution in [2.45, 2.75) is 12.8 Å². The van der Waals surface area contributed by atoms with Crippen molar-refractivity contribution < 1.29 is 19.5 Å². The first-order chi connectivity index (χ1) is 12.5. The van der Waals surface area contributed by atoms with Gasteiger partial charge >= 0.3 is 0 Å². The van der Waals surface area contributed by atoms with Crippen molar-refractivity contribution in [3.05, 3.63) is 64.2 Å². The van der Waals surface area contributed by atoms with E-state index in [2.05, 4.69) is 5.32 Å². The van der Waals surface area contributed by atoms with Crippen LogP contribution in [0.3, 0.4) is 0 Å². The van der Waals surface area contributed by atoms with E-state index in [1.54, 1.807) is 30.3 Å². The van der Waals surface area contributed by atoms with Crippen LogP contribution in [0.25, 0.3) is 0 Å². The zero-order valence-electron chi connectivity index (χ0n) is 14.4. The number of carbonyl (C=O) groups excluding carboxylic acids is 2. The Kier molecular flexibility index (Phi) is 7.59. The lowest BCUT2D eigenvalue weighted by Crippen LogP contribution is -2.26. The van der Waals surface area contributed by atoms with Crippen LogP contribution in [0.1, 0.15) is 32.7 Å². The second-order valence-corrected chi connectivity index (χ2v) is 6.07. The molecule has 0 fully saturated rings. The van der Waals surface area contributed by atoms with E-state index in [0.29, 0.717) is 34.9 Å². The molecular weight excluding hydrogens is 356 g/mol. The molecule has 0 unspecified atom stereocenters.